The number of ether oxygens (including phenoxy) is 4. The van der Waals surface area contributed by atoms with Crippen molar-refractivity contribution in [1.29, 1.82) is 0 Å². The summed E-state index contributed by atoms with van der Waals surface area (Å²) in [6.07, 6.45) is 43.7. The second kappa shape index (κ2) is 34.9. The van der Waals surface area contributed by atoms with Crippen molar-refractivity contribution in [2.45, 2.75) is 212 Å². The summed E-state index contributed by atoms with van der Waals surface area (Å²) in [5, 5.41) is 9.81. The molecule has 0 amide bonds. The van der Waals surface area contributed by atoms with Gasteiger partial charge >= 0.3 is 11.9 Å². The topological polar surface area (TPSA) is 91.3 Å². The molecule has 1 aliphatic heterocycles. The molecule has 7 nitrogen and oxygen atoms in total. The molecule has 54 heavy (non-hydrogen) atoms. The maximum Gasteiger partial charge on any atom is 0.330 e. The number of carbonyl (C=O) groups is 2. The van der Waals surface area contributed by atoms with Gasteiger partial charge in [-0.15, -0.1) is 0 Å². The van der Waals surface area contributed by atoms with Crippen LogP contribution >= 0.6 is 0 Å². The molecule has 1 saturated heterocycles. The number of hydrogen-bond acceptors (Lipinski definition) is 7. The van der Waals surface area contributed by atoms with Crippen molar-refractivity contribution in [3.63, 3.8) is 0 Å². The highest BCUT2D eigenvalue weighted by molar-refractivity contribution is 5.87. The van der Waals surface area contributed by atoms with Crippen LogP contribution in [0.1, 0.15) is 211 Å². The summed E-state index contributed by atoms with van der Waals surface area (Å²) in [6.45, 7) is 0.628. The summed E-state index contributed by atoms with van der Waals surface area (Å²) in [4.78, 5) is 25.1. The fourth-order valence-corrected chi connectivity index (χ4v) is 7.34. The van der Waals surface area contributed by atoms with Gasteiger partial charge in [0.1, 0.15) is 19.3 Å². The van der Waals surface area contributed by atoms with Crippen LogP contribution in [0.25, 0.3) is 6.08 Å². The van der Waals surface area contributed by atoms with Crippen LogP contribution in [-0.2, 0) is 23.8 Å². The molecule has 1 aromatic carbocycles. The number of phenolic OH excluding ortho intramolecular Hbond substituents is 1. The number of esters is 2. The summed E-state index contributed by atoms with van der Waals surface area (Å²) in [5.74, 6) is -0.370. The zero-order chi connectivity index (χ0) is 38.6. The van der Waals surface area contributed by atoms with Gasteiger partial charge in [0.05, 0.1) is 7.11 Å². The van der Waals surface area contributed by atoms with Gasteiger partial charge in [0.2, 0.25) is 0 Å². The highest BCUT2D eigenvalue weighted by Gasteiger charge is 2.15. The Labute approximate surface area is 330 Å². The highest BCUT2D eigenvalue weighted by atomic mass is 16.6. The van der Waals surface area contributed by atoms with Gasteiger partial charge in [-0.25, -0.2) is 4.79 Å². The molecule has 0 bridgehead atoms. The highest BCUT2D eigenvalue weighted by Crippen LogP contribution is 2.27. The van der Waals surface area contributed by atoms with E-state index in [1.807, 2.05) is 0 Å². The Kier molecular flexibility index (Phi) is 30.8. The molecule has 310 valence electrons. The Morgan fingerprint density at radius 1 is 0.648 bits per heavy atom. The summed E-state index contributed by atoms with van der Waals surface area (Å²) in [7, 11) is 1.48. The quantitative estimate of drug-likeness (QED) is 0.236. The van der Waals surface area contributed by atoms with Crippen LogP contribution in [0, 0.1) is 0 Å². The lowest BCUT2D eigenvalue weighted by atomic mass is 10.0. The van der Waals surface area contributed by atoms with Crippen LogP contribution in [0.2, 0.25) is 0 Å². The SMILES string of the molecule is COc1cc(/C=C\C(=O)OCC2COC(=O)CCCCCCCCCCCCCCCCCCCCCCCCCCCCCCCCCO2)ccc1O. The zero-order valence-electron chi connectivity index (χ0n) is 34.6. The van der Waals surface area contributed by atoms with Crippen molar-refractivity contribution in [2.75, 3.05) is 26.9 Å². The first-order valence-corrected chi connectivity index (χ1v) is 22.6. The second-order valence-electron chi connectivity index (χ2n) is 15.8. The number of methoxy groups -OCH3 is 1. The minimum Gasteiger partial charge on any atom is -0.504 e. The Morgan fingerprint density at radius 2 is 1.06 bits per heavy atom. The Balaban J connectivity index is 1.72. The van der Waals surface area contributed by atoms with E-state index in [4.69, 9.17) is 18.9 Å². The molecule has 1 fully saturated rings. The third-order valence-corrected chi connectivity index (χ3v) is 10.8. The average Bonchev–Trinajstić information content (AvgIpc) is 3.18. The first-order chi connectivity index (χ1) is 26.6. The average molecular weight is 757 g/mol. The third kappa shape index (κ3) is 28.0. The smallest absolute Gasteiger partial charge is 0.330 e. The molecule has 0 aliphatic carbocycles. The minimum atomic E-state index is -0.515. The van der Waals surface area contributed by atoms with Crippen LogP contribution < -0.4 is 4.74 Å². The predicted molar refractivity (Wildman–Crippen MR) is 223 cm³/mol. The van der Waals surface area contributed by atoms with E-state index in [1.54, 1.807) is 18.2 Å². The lowest BCUT2D eigenvalue weighted by molar-refractivity contribution is -0.153. The standard InChI is InChI=1S/C47H80O7/c1-51-45-39-42(34-36-44(45)48)35-37-47(50)54-41-43-40-53-46(49)33-31-29-27-25-23-21-19-17-15-13-11-9-7-5-3-2-4-6-8-10-12-14-16-18-20-22-24-26-28-30-32-38-52-43/h34-37,39,43,48H,2-33,38,40-41H2,1H3/b37-35-. The fourth-order valence-electron chi connectivity index (χ4n) is 7.34. The van der Waals surface area contributed by atoms with E-state index in [9.17, 15) is 14.7 Å². The number of hydrogen-bond donors (Lipinski definition) is 1. The number of rotatable bonds is 5. The number of carbonyl (C=O) groups excluding carboxylic acids is 2. The van der Waals surface area contributed by atoms with E-state index >= 15 is 0 Å². The molecule has 2 rings (SSSR count). The normalized spacial score (nSPS) is 21.6. The molecular formula is C47H80O7. The Hall–Kier alpha value is -2.54. The van der Waals surface area contributed by atoms with E-state index in [-0.39, 0.29) is 24.9 Å². The molecule has 7 heteroatoms. The monoisotopic (exact) mass is 757 g/mol. The first-order valence-electron chi connectivity index (χ1n) is 22.6. The molecule has 1 unspecified atom stereocenters. The number of aromatic hydroxyl groups is 1. The molecular weight excluding hydrogens is 677 g/mol. The lowest BCUT2D eigenvalue weighted by Crippen LogP contribution is -2.28. The molecule has 1 atom stereocenters. The molecule has 0 aromatic heterocycles. The molecule has 0 radical (unpaired) electrons. The fraction of sp³-hybridized carbons (Fsp3) is 0.787. The molecule has 1 N–H and O–H groups in total. The van der Waals surface area contributed by atoms with E-state index < -0.39 is 12.1 Å². The van der Waals surface area contributed by atoms with Crippen molar-refractivity contribution in [3.05, 3.63) is 29.8 Å². The van der Waals surface area contributed by atoms with Crippen LogP contribution in [0.4, 0.5) is 0 Å². The molecule has 0 saturated carbocycles. The van der Waals surface area contributed by atoms with Crippen molar-refractivity contribution in [1.82, 2.24) is 0 Å². The van der Waals surface area contributed by atoms with Gasteiger partial charge in [0, 0.05) is 19.1 Å². The number of phenols is 1. The maximum absolute atomic E-state index is 12.5. The largest absolute Gasteiger partial charge is 0.504 e. The van der Waals surface area contributed by atoms with Crippen molar-refractivity contribution in [3.8, 4) is 11.5 Å². The van der Waals surface area contributed by atoms with E-state index in [0.29, 0.717) is 24.3 Å². The van der Waals surface area contributed by atoms with Gasteiger partial charge in [-0.05, 0) is 36.6 Å². The van der Waals surface area contributed by atoms with Crippen molar-refractivity contribution >= 4 is 18.0 Å². The number of cyclic esters (lactones) is 1. The van der Waals surface area contributed by atoms with Gasteiger partial charge in [0.25, 0.3) is 0 Å². The van der Waals surface area contributed by atoms with Crippen LogP contribution in [0.3, 0.4) is 0 Å². The van der Waals surface area contributed by atoms with Crippen LogP contribution in [-0.4, -0.2) is 50.1 Å². The molecule has 0 spiro atoms. The zero-order valence-corrected chi connectivity index (χ0v) is 34.6. The van der Waals surface area contributed by atoms with E-state index in [0.717, 1.165) is 25.7 Å². The van der Waals surface area contributed by atoms with Crippen LogP contribution in [0.5, 0.6) is 11.5 Å². The maximum atomic E-state index is 12.5. The van der Waals surface area contributed by atoms with Crippen molar-refractivity contribution in [2.24, 2.45) is 0 Å². The molecule has 1 heterocycles. The van der Waals surface area contributed by atoms with Gasteiger partial charge in [0.15, 0.2) is 11.5 Å². The number of benzene rings is 1. The van der Waals surface area contributed by atoms with Gasteiger partial charge in [-0.1, -0.05) is 192 Å². The summed E-state index contributed by atoms with van der Waals surface area (Å²) >= 11 is 0. The lowest BCUT2D eigenvalue weighted by Gasteiger charge is -2.18. The van der Waals surface area contributed by atoms with E-state index in [2.05, 4.69) is 0 Å². The van der Waals surface area contributed by atoms with Gasteiger partial charge < -0.3 is 24.1 Å². The molecule has 1 aliphatic rings. The summed E-state index contributed by atoms with van der Waals surface area (Å²) in [5.41, 5.74) is 0.696. The Bertz CT molecular complexity index is 1070. The summed E-state index contributed by atoms with van der Waals surface area (Å²) in [6, 6.07) is 4.84. The second-order valence-corrected chi connectivity index (χ2v) is 15.8. The third-order valence-electron chi connectivity index (χ3n) is 10.8. The minimum absolute atomic E-state index is 0.00928. The van der Waals surface area contributed by atoms with Gasteiger partial charge in [-0.3, -0.25) is 4.79 Å². The van der Waals surface area contributed by atoms with Crippen molar-refractivity contribution < 1.29 is 33.6 Å². The molecule has 1 aromatic rings. The van der Waals surface area contributed by atoms with E-state index in [1.165, 1.54) is 193 Å². The predicted octanol–water partition coefficient (Wildman–Crippen LogP) is 13.4. The Morgan fingerprint density at radius 3 is 1.48 bits per heavy atom. The first kappa shape index (κ1) is 47.6. The van der Waals surface area contributed by atoms with Crippen LogP contribution in [0.15, 0.2) is 24.3 Å². The summed E-state index contributed by atoms with van der Waals surface area (Å²) < 4.78 is 22.3. The van der Waals surface area contributed by atoms with Gasteiger partial charge in [-0.2, -0.15) is 0 Å².